The number of carbonyl (C=O) groups is 2. The molecule has 1 atom stereocenters. The second-order valence-electron chi connectivity index (χ2n) is 8.06. The Balaban J connectivity index is 1.54. The number of amidine groups is 1. The van der Waals surface area contributed by atoms with Crippen LogP contribution in [-0.4, -0.2) is 38.2 Å². The molecule has 2 amide bonds. The quantitative estimate of drug-likeness (QED) is 0.569. The van der Waals surface area contributed by atoms with Crippen LogP contribution in [0.5, 0.6) is 0 Å². The van der Waals surface area contributed by atoms with Gasteiger partial charge in [-0.15, -0.1) is 0 Å². The molecule has 2 aliphatic rings. The van der Waals surface area contributed by atoms with E-state index in [-0.39, 0.29) is 28.6 Å². The predicted molar refractivity (Wildman–Crippen MR) is 122 cm³/mol. The highest BCUT2D eigenvalue weighted by molar-refractivity contribution is 7.90. The molecule has 0 saturated heterocycles. The van der Waals surface area contributed by atoms with Gasteiger partial charge in [-0.05, 0) is 49.6 Å². The molecule has 0 aromatic heterocycles. The molecular formula is C23H26N4O4S. The summed E-state index contributed by atoms with van der Waals surface area (Å²) >= 11 is 0. The number of nitrogens with one attached hydrogen (secondary N) is 3. The number of rotatable bonds is 8. The molecule has 1 aliphatic carbocycles. The van der Waals surface area contributed by atoms with Gasteiger partial charge in [-0.25, -0.2) is 8.42 Å². The van der Waals surface area contributed by atoms with Crippen molar-refractivity contribution in [3.63, 3.8) is 0 Å². The summed E-state index contributed by atoms with van der Waals surface area (Å²) in [7, 11) is -3.68. The van der Waals surface area contributed by atoms with Crippen LogP contribution in [0.15, 0.2) is 58.4 Å². The number of carbonyl (C=O) groups excluding carboxylic acids is 2. The highest BCUT2D eigenvalue weighted by Crippen LogP contribution is 2.24. The summed E-state index contributed by atoms with van der Waals surface area (Å²) in [5.74, 6) is -0.341. The molecule has 3 N–H and O–H groups in total. The summed E-state index contributed by atoms with van der Waals surface area (Å²) in [6.45, 7) is 2.01. The lowest BCUT2D eigenvalue weighted by Gasteiger charge is -2.14. The zero-order chi connectivity index (χ0) is 22.7. The molecule has 1 unspecified atom stereocenters. The van der Waals surface area contributed by atoms with E-state index in [1.54, 1.807) is 42.5 Å². The first-order chi connectivity index (χ1) is 15.4. The minimum Gasteiger partial charge on any atom is -0.349 e. The monoisotopic (exact) mass is 454 g/mol. The van der Waals surface area contributed by atoms with E-state index < -0.39 is 16.1 Å². The Morgan fingerprint density at radius 2 is 1.94 bits per heavy atom. The fraction of sp³-hybridized carbons (Fsp3) is 0.348. The van der Waals surface area contributed by atoms with Crippen molar-refractivity contribution in [2.75, 3.05) is 5.32 Å². The lowest BCUT2D eigenvalue weighted by molar-refractivity contribution is -0.117. The molecule has 0 radical (unpaired) electrons. The van der Waals surface area contributed by atoms with Gasteiger partial charge in [0, 0.05) is 22.9 Å². The maximum absolute atomic E-state index is 13.1. The van der Waals surface area contributed by atoms with Gasteiger partial charge in [0.2, 0.25) is 5.91 Å². The molecule has 1 fully saturated rings. The summed E-state index contributed by atoms with van der Waals surface area (Å²) in [6, 6.07) is 12.8. The lowest BCUT2D eigenvalue weighted by atomic mass is 10.1. The highest BCUT2D eigenvalue weighted by atomic mass is 32.2. The van der Waals surface area contributed by atoms with Gasteiger partial charge in [0.1, 0.15) is 11.9 Å². The predicted octanol–water partition coefficient (Wildman–Crippen LogP) is 2.81. The molecule has 2 aromatic rings. The summed E-state index contributed by atoms with van der Waals surface area (Å²) in [5, 5.41) is 5.76. The molecule has 1 heterocycles. The third kappa shape index (κ3) is 4.99. The van der Waals surface area contributed by atoms with Gasteiger partial charge in [0.25, 0.3) is 15.9 Å². The van der Waals surface area contributed by atoms with Crippen molar-refractivity contribution in [1.82, 2.24) is 10.0 Å². The molecule has 8 nitrogen and oxygen atoms in total. The molecular weight excluding hydrogens is 428 g/mol. The molecule has 1 aliphatic heterocycles. The summed E-state index contributed by atoms with van der Waals surface area (Å²) in [5.41, 5.74) is 1.43. The van der Waals surface area contributed by atoms with Crippen molar-refractivity contribution >= 4 is 33.4 Å². The highest BCUT2D eigenvalue weighted by Gasteiger charge is 2.32. The minimum absolute atomic E-state index is 0.155. The molecule has 9 heteroatoms. The Kier molecular flexibility index (Phi) is 6.27. The van der Waals surface area contributed by atoms with Gasteiger partial charge >= 0.3 is 0 Å². The van der Waals surface area contributed by atoms with Crippen LogP contribution in [0.1, 0.15) is 54.9 Å². The molecule has 1 saturated carbocycles. The first kappa shape index (κ1) is 22.0. The Hall–Kier alpha value is -3.20. The number of benzene rings is 2. The van der Waals surface area contributed by atoms with Crippen LogP contribution in [-0.2, 0) is 14.8 Å². The van der Waals surface area contributed by atoms with Gasteiger partial charge in [0.05, 0.1) is 4.90 Å². The Labute approximate surface area is 187 Å². The van der Waals surface area contributed by atoms with Crippen LogP contribution in [0.2, 0.25) is 0 Å². The van der Waals surface area contributed by atoms with Crippen LogP contribution in [0.4, 0.5) is 5.69 Å². The van der Waals surface area contributed by atoms with E-state index >= 15 is 0 Å². The van der Waals surface area contributed by atoms with Crippen LogP contribution in [0, 0.1) is 0 Å². The van der Waals surface area contributed by atoms with E-state index in [0.717, 1.165) is 25.7 Å². The van der Waals surface area contributed by atoms with E-state index in [4.69, 9.17) is 0 Å². The summed E-state index contributed by atoms with van der Waals surface area (Å²) < 4.78 is 27.2. The number of amides is 2. The summed E-state index contributed by atoms with van der Waals surface area (Å²) in [4.78, 5) is 30.0. The average molecular weight is 455 g/mol. The number of unbranched alkanes of at least 4 members (excludes halogenated alkanes) is 1. The van der Waals surface area contributed by atoms with Crippen molar-refractivity contribution in [2.24, 2.45) is 4.99 Å². The van der Waals surface area contributed by atoms with Crippen molar-refractivity contribution in [1.29, 1.82) is 0 Å². The number of hydrogen-bond donors (Lipinski definition) is 3. The van der Waals surface area contributed by atoms with Crippen LogP contribution >= 0.6 is 0 Å². The van der Waals surface area contributed by atoms with E-state index in [1.165, 1.54) is 6.07 Å². The number of anilines is 1. The van der Waals surface area contributed by atoms with E-state index in [9.17, 15) is 18.0 Å². The standard InChI is InChI=1S/C23H26N4O4S/c1-2-3-10-19(26-21-18-9-4-5-11-20(18)32(30,31)27-21)23(29)25-17-8-6-7-15(14-17)22(28)24-16-12-13-16/h4-9,11,14,16,19H,2-3,10,12-13H2,1H3,(H,24,28)(H,25,29)(H,26,27). The SMILES string of the molecule is CCCCC(N=C1NS(=O)(=O)c2ccccc21)C(=O)Nc1cccc(C(=O)NC2CC2)c1. The third-order valence-electron chi connectivity index (χ3n) is 5.39. The molecule has 4 rings (SSSR count). The molecule has 2 aromatic carbocycles. The van der Waals surface area contributed by atoms with Gasteiger partial charge in [0.15, 0.2) is 0 Å². The zero-order valence-electron chi connectivity index (χ0n) is 17.8. The maximum Gasteiger partial charge on any atom is 0.263 e. The van der Waals surface area contributed by atoms with Crippen LogP contribution in [0.3, 0.4) is 0 Å². The lowest BCUT2D eigenvalue weighted by Crippen LogP contribution is -2.31. The number of fused-ring (bicyclic) bond motifs is 1. The topological polar surface area (TPSA) is 117 Å². The van der Waals surface area contributed by atoms with Crippen molar-refractivity contribution < 1.29 is 18.0 Å². The Bertz CT molecular complexity index is 1170. The van der Waals surface area contributed by atoms with Crippen molar-refractivity contribution in [3.8, 4) is 0 Å². The summed E-state index contributed by atoms with van der Waals surface area (Å²) in [6.07, 6.45) is 4.08. The zero-order valence-corrected chi connectivity index (χ0v) is 18.6. The second-order valence-corrected chi connectivity index (χ2v) is 9.71. The molecule has 0 bridgehead atoms. The fourth-order valence-electron chi connectivity index (χ4n) is 3.50. The van der Waals surface area contributed by atoms with Gasteiger partial charge in [-0.1, -0.05) is 38.0 Å². The number of sulfonamides is 1. The van der Waals surface area contributed by atoms with E-state index in [2.05, 4.69) is 20.3 Å². The number of nitrogens with zero attached hydrogens (tertiary/aromatic N) is 1. The molecule has 32 heavy (non-hydrogen) atoms. The number of aliphatic imine (C=N–C) groups is 1. The maximum atomic E-state index is 13.1. The Morgan fingerprint density at radius 1 is 1.16 bits per heavy atom. The van der Waals surface area contributed by atoms with Crippen LogP contribution < -0.4 is 15.4 Å². The first-order valence-corrected chi connectivity index (χ1v) is 12.3. The Morgan fingerprint density at radius 3 is 2.69 bits per heavy atom. The van der Waals surface area contributed by atoms with E-state index in [1.807, 2.05) is 6.92 Å². The van der Waals surface area contributed by atoms with Crippen LogP contribution in [0.25, 0.3) is 0 Å². The second kappa shape index (κ2) is 9.12. The van der Waals surface area contributed by atoms with E-state index in [0.29, 0.717) is 23.2 Å². The van der Waals surface area contributed by atoms with Gasteiger partial charge in [-0.3, -0.25) is 19.3 Å². The van der Waals surface area contributed by atoms with Gasteiger partial charge < -0.3 is 10.6 Å². The van der Waals surface area contributed by atoms with Crippen molar-refractivity contribution in [3.05, 3.63) is 59.7 Å². The minimum atomic E-state index is -3.68. The average Bonchev–Trinajstić information content (AvgIpc) is 3.55. The fourth-order valence-corrected chi connectivity index (χ4v) is 4.74. The largest absolute Gasteiger partial charge is 0.349 e. The van der Waals surface area contributed by atoms with Gasteiger partial charge in [-0.2, -0.15) is 0 Å². The smallest absolute Gasteiger partial charge is 0.263 e. The third-order valence-corrected chi connectivity index (χ3v) is 6.78. The number of hydrogen-bond acceptors (Lipinski definition) is 5. The van der Waals surface area contributed by atoms with Crippen molar-refractivity contribution in [2.45, 2.75) is 56.0 Å². The normalized spacial score (nSPS) is 18.5. The first-order valence-electron chi connectivity index (χ1n) is 10.8. The molecule has 168 valence electrons. The molecule has 0 spiro atoms.